The van der Waals surface area contributed by atoms with E-state index in [1.54, 1.807) is 48.5 Å². The molecular formula is C23H21FN2O4. The lowest BCUT2D eigenvalue weighted by atomic mass is 9.99. The Morgan fingerprint density at radius 3 is 2.57 bits per heavy atom. The van der Waals surface area contributed by atoms with Gasteiger partial charge in [-0.2, -0.15) is 0 Å². The van der Waals surface area contributed by atoms with Crippen LogP contribution in [0.15, 0.2) is 60.7 Å². The van der Waals surface area contributed by atoms with Gasteiger partial charge in [-0.05, 0) is 59.2 Å². The maximum absolute atomic E-state index is 14.0. The minimum Gasteiger partial charge on any atom is -0.496 e. The second-order valence-corrected chi connectivity index (χ2v) is 6.65. The first-order valence-electron chi connectivity index (χ1n) is 9.20. The minimum absolute atomic E-state index is 0.174. The van der Waals surface area contributed by atoms with Crippen LogP contribution in [0.4, 0.5) is 10.1 Å². The molecular weight excluding hydrogens is 387 g/mol. The van der Waals surface area contributed by atoms with E-state index in [9.17, 15) is 14.0 Å². The summed E-state index contributed by atoms with van der Waals surface area (Å²) in [4.78, 5) is 23.9. The van der Waals surface area contributed by atoms with Gasteiger partial charge in [0.1, 0.15) is 11.6 Å². The Kier molecular flexibility index (Phi) is 6.44. The number of halogens is 1. The maximum Gasteiger partial charge on any atom is 0.307 e. The van der Waals surface area contributed by atoms with Gasteiger partial charge >= 0.3 is 5.97 Å². The largest absolute Gasteiger partial charge is 0.496 e. The predicted molar refractivity (Wildman–Crippen MR) is 112 cm³/mol. The van der Waals surface area contributed by atoms with Gasteiger partial charge in [-0.3, -0.25) is 9.59 Å². The third-order valence-corrected chi connectivity index (χ3v) is 4.57. The standard InChI is InChI=1S/C23H21FN2O4/c1-30-21-7-6-16(11-19(21)17-8-14(13-25)9-18(24)10-17)23(29)26-20-5-3-2-4-15(20)12-22(27)28/h2-11H,12-13,25H2,1H3,(H,26,29)(H,27,28). The normalized spacial score (nSPS) is 10.5. The molecule has 6 nitrogen and oxygen atoms in total. The van der Waals surface area contributed by atoms with Crippen LogP contribution in [0.25, 0.3) is 11.1 Å². The Bertz CT molecular complexity index is 1100. The van der Waals surface area contributed by atoms with Crippen molar-refractivity contribution in [3.8, 4) is 16.9 Å². The third kappa shape index (κ3) is 4.82. The van der Waals surface area contributed by atoms with Crippen LogP contribution in [0.5, 0.6) is 5.75 Å². The van der Waals surface area contributed by atoms with E-state index < -0.39 is 17.7 Å². The fourth-order valence-electron chi connectivity index (χ4n) is 3.15. The number of ether oxygens (including phenoxy) is 1. The molecule has 0 unspecified atom stereocenters. The summed E-state index contributed by atoms with van der Waals surface area (Å²) in [5, 5.41) is 11.8. The van der Waals surface area contributed by atoms with Gasteiger partial charge < -0.3 is 20.9 Å². The van der Waals surface area contributed by atoms with E-state index in [0.717, 1.165) is 0 Å². The number of anilines is 1. The predicted octanol–water partition coefficient (Wildman–Crippen LogP) is 3.84. The smallest absolute Gasteiger partial charge is 0.307 e. The zero-order chi connectivity index (χ0) is 21.7. The number of rotatable bonds is 7. The summed E-state index contributed by atoms with van der Waals surface area (Å²) in [5.41, 5.74) is 8.56. The summed E-state index contributed by atoms with van der Waals surface area (Å²) in [6.07, 6.45) is -0.213. The van der Waals surface area contributed by atoms with Gasteiger partial charge in [-0.15, -0.1) is 0 Å². The van der Waals surface area contributed by atoms with Crippen molar-refractivity contribution in [2.45, 2.75) is 13.0 Å². The van der Waals surface area contributed by atoms with E-state index in [1.807, 2.05) is 0 Å². The molecule has 0 aromatic heterocycles. The summed E-state index contributed by atoms with van der Waals surface area (Å²) in [7, 11) is 1.49. The summed E-state index contributed by atoms with van der Waals surface area (Å²) in [6, 6.07) is 16.0. The van der Waals surface area contributed by atoms with Crippen molar-refractivity contribution < 1.29 is 23.8 Å². The van der Waals surface area contributed by atoms with E-state index in [4.69, 9.17) is 15.6 Å². The SMILES string of the molecule is COc1ccc(C(=O)Nc2ccccc2CC(=O)O)cc1-c1cc(F)cc(CN)c1. The molecule has 0 atom stereocenters. The number of carbonyl (C=O) groups excluding carboxylic acids is 1. The van der Waals surface area contributed by atoms with Gasteiger partial charge in [0.15, 0.2) is 0 Å². The maximum atomic E-state index is 14.0. The molecule has 0 bridgehead atoms. The van der Waals surface area contributed by atoms with Crippen LogP contribution in [0.2, 0.25) is 0 Å². The highest BCUT2D eigenvalue weighted by molar-refractivity contribution is 6.05. The summed E-state index contributed by atoms with van der Waals surface area (Å²) < 4.78 is 19.4. The van der Waals surface area contributed by atoms with Crippen molar-refractivity contribution in [2.24, 2.45) is 5.73 Å². The molecule has 7 heteroatoms. The number of methoxy groups -OCH3 is 1. The lowest BCUT2D eigenvalue weighted by Gasteiger charge is -2.14. The molecule has 3 aromatic carbocycles. The molecule has 30 heavy (non-hydrogen) atoms. The molecule has 0 saturated heterocycles. The Morgan fingerprint density at radius 2 is 1.87 bits per heavy atom. The molecule has 0 aliphatic heterocycles. The molecule has 3 rings (SSSR count). The number of nitrogens with one attached hydrogen (secondary N) is 1. The molecule has 4 N–H and O–H groups in total. The van der Waals surface area contributed by atoms with Gasteiger partial charge in [-0.1, -0.05) is 18.2 Å². The number of aliphatic carboxylic acids is 1. The van der Waals surface area contributed by atoms with Crippen molar-refractivity contribution >= 4 is 17.6 Å². The Labute approximate surface area is 173 Å². The van der Waals surface area contributed by atoms with E-state index in [1.165, 1.54) is 19.2 Å². The number of carboxylic acids is 1. The van der Waals surface area contributed by atoms with Crippen LogP contribution in [0.1, 0.15) is 21.5 Å². The summed E-state index contributed by atoms with van der Waals surface area (Å²) >= 11 is 0. The van der Waals surface area contributed by atoms with Crippen molar-refractivity contribution in [3.63, 3.8) is 0 Å². The van der Waals surface area contributed by atoms with Gasteiger partial charge in [0, 0.05) is 23.4 Å². The monoisotopic (exact) mass is 408 g/mol. The van der Waals surface area contributed by atoms with Crippen LogP contribution in [-0.2, 0) is 17.8 Å². The summed E-state index contributed by atoms with van der Waals surface area (Å²) in [6.45, 7) is 0.174. The fraction of sp³-hybridized carbons (Fsp3) is 0.130. The highest BCUT2D eigenvalue weighted by atomic mass is 19.1. The number of amides is 1. The lowest BCUT2D eigenvalue weighted by Crippen LogP contribution is -2.14. The number of hydrogen-bond acceptors (Lipinski definition) is 4. The van der Waals surface area contributed by atoms with Gasteiger partial charge in [0.25, 0.3) is 5.91 Å². The minimum atomic E-state index is -0.995. The molecule has 154 valence electrons. The van der Waals surface area contributed by atoms with Crippen molar-refractivity contribution in [1.29, 1.82) is 0 Å². The molecule has 0 saturated carbocycles. The molecule has 0 spiro atoms. The first-order valence-corrected chi connectivity index (χ1v) is 9.20. The van der Waals surface area contributed by atoms with Crippen LogP contribution in [0, 0.1) is 5.82 Å². The number of benzene rings is 3. The molecule has 0 heterocycles. The van der Waals surface area contributed by atoms with Gasteiger partial charge in [0.05, 0.1) is 13.5 Å². The number of para-hydroxylation sites is 1. The Balaban J connectivity index is 1.97. The van der Waals surface area contributed by atoms with E-state index in [2.05, 4.69) is 5.32 Å². The quantitative estimate of drug-likeness (QED) is 0.551. The van der Waals surface area contributed by atoms with Crippen LogP contribution < -0.4 is 15.8 Å². The van der Waals surface area contributed by atoms with E-state index in [0.29, 0.717) is 39.3 Å². The zero-order valence-electron chi connectivity index (χ0n) is 16.3. The van der Waals surface area contributed by atoms with Crippen LogP contribution >= 0.6 is 0 Å². The number of hydrogen-bond donors (Lipinski definition) is 3. The van der Waals surface area contributed by atoms with E-state index in [-0.39, 0.29) is 13.0 Å². The first kappa shape index (κ1) is 21.0. The Hall–Kier alpha value is -3.71. The van der Waals surface area contributed by atoms with Crippen molar-refractivity contribution in [3.05, 3.63) is 83.2 Å². The van der Waals surface area contributed by atoms with Crippen LogP contribution in [0.3, 0.4) is 0 Å². The Morgan fingerprint density at radius 1 is 1.10 bits per heavy atom. The number of carbonyl (C=O) groups is 2. The summed E-state index contributed by atoms with van der Waals surface area (Å²) in [5.74, 6) is -1.38. The average Bonchev–Trinajstić information content (AvgIpc) is 2.73. The topological polar surface area (TPSA) is 102 Å². The lowest BCUT2D eigenvalue weighted by molar-refractivity contribution is -0.136. The highest BCUT2D eigenvalue weighted by Gasteiger charge is 2.15. The van der Waals surface area contributed by atoms with Crippen molar-refractivity contribution in [2.75, 3.05) is 12.4 Å². The molecule has 0 radical (unpaired) electrons. The van der Waals surface area contributed by atoms with Gasteiger partial charge in [-0.25, -0.2) is 4.39 Å². The fourth-order valence-corrected chi connectivity index (χ4v) is 3.15. The molecule has 0 fully saturated rings. The van der Waals surface area contributed by atoms with E-state index >= 15 is 0 Å². The first-order chi connectivity index (χ1) is 14.4. The average molecular weight is 408 g/mol. The number of nitrogens with two attached hydrogens (primary N) is 1. The second kappa shape index (κ2) is 9.19. The molecule has 1 amide bonds. The highest BCUT2D eigenvalue weighted by Crippen LogP contribution is 2.32. The molecule has 0 aliphatic carbocycles. The molecule has 0 aliphatic rings. The number of carboxylic acid groups (broad SMARTS) is 1. The van der Waals surface area contributed by atoms with Crippen LogP contribution in [-0.4, -0.2) is 24.1 Å². The molecule has 3 aromatic rings. The van der Waals surface area contributed by atoms with Gasteiger partial charge in [0.2, 0.25) is 0 Å². The zero-order valence-corrected chi connectivity index (χ0v) is 16.3. The second-order valence-electron chi connectivity index (χ2n) is 6.65. The van der Waals surface area contributed by atoms with Crippen molar-refractivity contribution in [1.82, 2.24) is 0 Å². The third-order valence-electron chi connectivity index (χ3n) is 4.57.